The van der Waals surface area contributed by atoms with Gasteiger partial charge in [0.1, 0.15) is 0 Å². The van der Waals surface area contributed by atoms with E-state index in [4.69, 9.17) is 4.74 Å². The molecule has 0 spiro atoms. The van der Waals surface area contributed by atoms with E-state index in [0.29, 0.717) is 18.1 Å². The fourth-order valence-corrected chi connectivity index (χ4v) is 2.46. The molecule has 1 atom stereocenters. The van der Waals surface area contributed by atoms with E-state index in [1.165, 1.54) is 12.8 Å². The third kappa shape index (κ3) is 5.29. The summed E-state index contributed by atoms with van der Waals surface area (Å²) in [6, 6.07) is 0. The summed E-state index contributed by atoms with van der Waals surface area (Å²) >= 11 is 0. The molecule has 0 radical (unpaired) electrons. The van der Waals surface area contributed by atoms with Crippen LogP contribution in [-0.4, -0.2) is 32.3 Å². The van der Waals surface area contributed by atoms with Crippen LogP contribution in [0.25, 0.3) is 0 Å². The van der Waals surface area contributed by atoms with Gasteiger partial charge in [0.15, 0.2) is 0 Å². The summed E-state index contributed by atoms with van der Waals surface area (Å²) in [5.74, 6) is 0.276. The van der Waals surface area contributed by atoms with Crippen LogP contribution in [0.4, 0.5) is 0 Å². The Bertz CT molecular complexity index is 384. The quantitative estimate of drug-likeness (QED) is 0.507. The van der Waals surface area contributed by atoms with Crippen molar-refractivity contribution in [3.05, 3.63) is 23.8 Å². The summed E-state index contributed by atoms with van der Waals surface area (Å²) < 4.78 is 5.47. The number of ether oxygens (including phenoxy) is 1. The van der Waals surface area contributed by atoms with Crippen LogP contribution in [-0.2, 0) is 9.53 Å². The molecule has 0 bridgehead atoms. The molecule has 1 unspecified atom stereocenters. The molecule has 0 saturated heterocycles. The number of carbonyl (C=O) groups excluding carboxylic acids is 1. The maximum atomic E-state index is 12.1. The smallest absolute Gasteiger partial charge is 0.337 e. The fourth-order valence-electron chi connectivity index (χ4n) is 2.46. The van der Waals surface area contributed by atoms with Crippen LogP contribution in [0.2, 0.25) is 0 Å². The minimum atomic E-state index is -0.253. The Morgan fingerprint density at radius 1 is 1.38 bits per heavy atom. The Balaban J connectivity index is 2.47. The number of likely N-dealkylation sites (N-methyl/N-ethyl adjacent to an activating group) is 2. The molecule has 4 nitrogen and oxygen atoms in total. The average Bonchev–Trinajstić information content (AvgIpc) is 2.55. The number of esters is 1. The van der Waals surface area contributed by atoms with Crippen LogP contribution in [0, 0.1) is 5.92 Å². The van der Waals surface area contributed by atoms with E-state index in [0.717, 1.165) is 19.3 Å². The van der Waals surface area contributed by atoms with Crippen LogP contribution in [0.15, 0.2) is 23.8 Å². The highest BCUT2D eigenvalue weighted by Gasteiger charge is 2.25. The molecule has 2 N–H and O–H groups in total. The monoisotopic (exact) mass is 294 g/mol. The van der Waals surface area contributed by atoms with E-state index < -0.39 is 0 Å². The second kappa shape index (κ2) is 9.00. The van der Waals surface area contributed by atoms with Crippen LogP contribution < -0.4 is 10.6 Å². The van der Waals surface area contributed by atoms with E-state index in [1.54, 1.807) is 0 Å². The molecule has 21 heavy (non-hydrogen) atoms. The van der Waals surface area contributed by atoms with Gasteiger partial charge in [-0.1, -0.05) is 39.2 Å². The summed E-state index contributed by atoms with van der Waals surface area (Å²) in [7, 11) is 3.80. The predicted octanol–water partition coefficient (Wildman–Crippen LogP) is 2.77. The molecule has 0 aromatic heterocycles. The van der Waals surface area contributed by atoms with Crippen LogP contribution in [0.1, 0.15) is 46.0 Å². The van der Waals surface area contributed by atoms with E-state index in [1.807, 2.05) is 32.3 Å². The van der Waals surface area contributed by atoms with Gasteiger partial charge in [-0.3, -0.25) is 10.6 Å². The van der Waals surface area contributed by atoms with Gasteiger partial charge in [0.2, 0.25) is 0 Å². The Kier molecular flexibility index (Phi) is 7.68. The van der Waals surface area contributed by atoms with Crippen molar-refractivity contribution < 1.29 is 9.53 Å². The topological polar surface area (TPSA) is 50.4 Å². The fraction of sp³-hybridized carbons (Fsp3) is 0.706. The first-order valence-corrected chi connectivity index (χ1v) is 8.05. The van der Waals surface area contributed by atoms with Gasteiger partial charge < -0.3 is 4.74 Å². The molecule has 4 heteroatoms. The zero-order valence-corrected chi connectivity index (χ0v) is 13.9. The molecule has 0 aliphatic heterocycles. The summed E-state index contributed by atoms with van der Waals surface area (Å²) in [6.45, 7) is 4.87. The van der Waals surface area contributed by atoms with Gasteiger partial charge >= 0.3 is 5.97 Å². The number of hydrogen-bond acceptors (Lipinski definition) is 4. The maximum absolute atomic E-state index is 12.1. The molecular weight excluding hydrogens is 264 g/mol. The van der Waals surface area contributed by atoms with Gasteiger partial charge in [0, 0.05) is 6.42 Å². The first kappa shape index (κ1) is 17.9. The van der Waals surface area contributed by atoms with Gasteiger partial charge in [0.05, 0.1) is 17.8 Å². The van der Waals surface area contributed by atoms with Gasteiger partial charge in [-0.05, 0) is 38.6 Å². The van der Waals surface area contributed by atoms with Crippen LogP contribution >= 0.6 is 0 Å². The van der Waals surface area contributed by atoms with Gasteiger partial charge in [0.25, 0.3) is 0 Å². The van der Waals surface area contributed by atoms with E-state index in [9.17, 15) is 4.79 Å². The summed E-state index contributed by atoms with van der Waals surface area (Å²) in [6.07, 6.45) is 11.1. The molecule has 1 aliphatic rings. The number of unbranched alkanes of at least 4 members (excludes halogenated alkanes) is 1. The van der Waals surface area contributed by atoms with E-state index in [2.05, 4.69) is 24.5 Å². The highest BCUT2D eigenvalue weighted by atomic mass is 16.5. The zero-order valence-electron chi connectivity index (χ0n) is 13.9. The van der Waals surface area contributed by atoms with Crippen molar-refractivity contribution in [3.8, 4) is 0 Å². The standard InChI is InChI=1S/C17H30N2O2/c1-5-7-8-14(6-2)13-21-16(20)15-9-11-17(18-3,19-4)12-10-15/h9-11,14,18-19H,5-8,12-13H2,1-4H3. The van der Waals surface area contributed by atoms with Crippen molar-refractivity contribution in [1.82, 2.24) is 10.6 Å². The highest BCUT2D eigenvalue weighted by Crippen LogP contribution is 2.20. The number of hydrogen-bond donors (Lipinski definition) is 2. The predicted molar refractivity (Wildman–Crippen MR) is 87.0 cm³/mol. The first-order chi connectivity index (χ1) is 10.1. The van der Waals surface area contributed by atoms with Crippen LogP contribution in [0.5, 0.6) is 0 Å². The van der Waals surface area contributed by atoms with Gasteiger partial charge in [-0.15, -0.1) is 0 Å². The average molecular weight is 294 g/mol. The molecule has 0 aromatic carbocycles. The molecule has 0 amide bonds. The van der Waals surface area contributed by atoms with Crippen molar-refractivity contribution in [1.29, 1.82) is 0 Å². The van der Waals surface area contributed by atoms with Crippen molar-refractivity contribution >= 4 is 5.97 Å². The van der Waals surface area contributed by atoms with Crippen LogP contribution in [0.3, 0.4) is 0 Å². The molecule has 0 aromatic rings. The second-order valence-electron chi connectivity index (χ2n) is 5.68. The van der Waals surface area contributed by atoms with Crippen molar-refractivity contribution in [2.24, 2.45) is 5.92 Å². The minimum Gasteiger partial charge on any atom is -0.462 e. The van der Waals surface area contributed by atoms with Gasteiger partial charge in [-0.25, -0.2) is 4.79 Å². The third-order valence-corrected chi connectivity index (χ3v) is 4.31. The summed E-state index contributed by atoms with van der Waals surface area (Å²) in [5, 5.41) is 6.43. The van der Waals surface area contributed by atoms with Crippen molar-refractivity contribution in [3.63, 3.8) is 0 Å². The molecule has 0 saturated carbocycles. The summed E-state index contributed by atoms with van der Waals surface area (Å²) in [4.78, 5) is 12.1. The zero-order chi connectivity index (χ0) is 15.7. The largest absolute Gasteiger partial charge is 0.462 e. The molecular formula is C17H30N2O2. The van der Waals surface area contributed by atoms with Crippen molar-refractivity contribution in [2.75, 3.05) is 20.7 Å². The Labute approximate surface area is 129 Å². The first-order valence-electron chi connectivity index (χ1n) is 8.05. The highest BCUT2D eigenvalue weighted by molar-refractivity contribution is 5.91. The molecule has 1 aliphatic carbocycles. The lowest BCUT2D eigenvalue weighted by atomic mass is 9.96. The Morgan fingerprint density at radius 3 is 2.57 bits per heavy atom. The molecule has 120 valence electrons. The third-order valence-electron chi connectivity index (χ3n) is 4.31. The number of carbonyl (C=O) groups is 1. The maximum Gasteiger partial charge on any atom is 0.337 e. The van der Waals surface area contributed by atoms with Gasteiger partial charge in [-0.2, -0.15) is 0 Å². The SMILES string of the molecule is CCCCC(CC)COC(=O)C1=CCC(NC)(NC)C=C1. The van der Waals surface area contributed by atoms with E-state index >= 15 is 0 Å². The lowest BCUT2D eigenvalue weighted by molar-refractivity contribution is -0.140. The molecule has 0 fully saturated rings. The second-order valence-corrected chi connectivity index (χ2v) is 5.68. The lowest BCUT2D eigenvalue weighted by Crippen LogP contribution is -2.52. The number of nitrogens with one attached hydrogen (secondary N) is 2. The van der Waals surface area contributed by atoms with Crippen molar-refractivity contribution in [2.45, 2.75) is 51.6 Å². The van der Waals surface area contributed by atoms with E-state index in [-0.39, 0.29) is 11.6 Å². The minimum absolute atomic E-state index is 0.206. The normalized spacial score (nSPS) is 18.2. The number of rotatable bonds is 9. The summed E-state index contributed by atoms with van der Waals surface area (Å²) in [5.41, 5.74) is 0.401. The molecule has 0 heterocycles. The Morgan fingerprint density at radius 2 is 2.10 bits per heavy atom. The molecule has 1 rings (SSSR count). The lowest BCUT2D eigenvalue weighted by Gasteiger charge is -2.31. The Hall–Kier alpha value is -1.13.